The predicted molar refractivity (Wildman–Crippen MR) is 73.6 cm³/mol. The van der Waals surface area contributed by atoms with Crippen molar-refractivity contribution in [3.05, 3.63) is 0 Å². The van der Waals surface area contributed by atoms with Gasteiger partial charge >= 0.3 is 0 Å². The molecule has 2 aliphatic carbocycles. The SMILES string of the molecule is CC1(C)C2CCC1(C(=O)N1CCCCCC1)C(=O)C2. The Hall–Kier alpha value is -0.860. The molecule has 1 aliphatic heterocycles. The molecule has 106 valence electrons. The molecular weight excluding hydrogens is 238 g/mol. The van der Waals surface area contributed by atoms with Gasteiger partial charge in [-0.25, -0.2) is 0 Å². The van der Waals surface area contributed by atoms with Crippen LogP contribution in [0.25, 0.3) is 0 Å². The first-order valence-corrected chi connectivity index (χ1v) is 7.83. The lowest BCUT2D eigenvalue weighted by Crippen LogP contribution is -2.51. The average molecular weight is 263 g/mol. The molecule has 2 unspecified atom stereocenters. The van der Waals surface area contributed by atoms with E-state index in [2.05, 4.69) is 13.8 Å². The number of Topliss-reactive ketones (excluding diaryl/α,β-unsaturated/α-hetero) is 1. The number of nitrogens with zero attached hydrogens (tertiary/aromatic N) is 1. The Labute approximate surface area is 115 Å². The highest BCUT2D eigenvalue weighted by Gasteiger charge is 2.68. The molecule has 0 radical (unpaired) electrons. The minimum atomic E-state index is -0.679. The van der Waals surface area contributed by atoms with Crippen LogP contribution in [0.2, 0.25) is 0 Å². The van der Waals surface area contributed by atoms with Gasteiger partial charge in [-0.15, -0.1) is 0 Å². The van der Waals surface area contributed by atoms with Crippen LogP contribution in [0.5, 0.6) is 0 Å². The van der Waals surface area contributed by atoms with Crippen molar-refractivity contribution in [2.24, 2.45) is 16.7 Å². The van der Waals surface area contributed by atoms with E-state index in [1.807, 2.05) is 4.90 Å². The van der Waals surface area contributed by atoms with Gasteiger partial charge in [0.05, 0.1) is 0 Å². The van der Waals surface area contributed by atoms with Gasteiger partial charge in [-0.05, 0) is 37.0 Å². The summed E-state index contributed by atoms with van der Waals surface area (Å²) in [5.74, 6) is 0.809. The van der Waals surface area contributed by atoms with Gasteiger partial charge in [0.2, 0.25) is 5.91 Å². The molecule has 2 bridgehead atoms. The summed E-state index contributed by atoms with van der Waals surface area (Å²) in [6, 6.07) is 0. The van der Waals surface area contributed by atoms with Crippen LogP contribution >= 0.6 is 0 Å². The Bertz CT molecular complexity index is 407. The third-order valence-corrected chi connectivity index (χ3v) is 6.15. The number of hydrogen-bond acceptors (Lipinski definition) is 2. The quantitative estimate of drug-likeness (QED) is 0.682. The topological polar surface area (TPSA) is 37.4 Å². The molecule has 1 amide bonds. The lowest BCUT2D eigenvalue weighted by atomic mass is 9.68. The summed E-state index contributed by atoms with van der Waals surface area (Å²) in [6.07, 6.45) is 7.11. The summed E-state index contributed by atoms with van der Waals surface area (Å²) in [5, 5.41) is 0. The van der Waals surface area contributed by atoms with Crippen molar-refractivity contribution in [3.8, 4) is 0 Å². The van der Waals surface area contributed by atoms with Crippen LogP contribution in [0, 0.1) is 16.7 Å². The summed E-state index contributed by atoms with van der Waals surface area (Å²) in [7, 11) is 0. The summed E-state index contributed by atoms with van der Waals surface area (Å²) in [5.41, 5.74) is -0.810. The number of carbonyl (C=O) groups excluding carboxylic acids is 2. The van der Waals surface area contributed by atoms with E-state index in [9.17, 15) is 9.59 Å². The predicted octanol–water partition coefficient (Wildman–Crippen LogP) is 2.78. The number of hydrogen-bond donors (Lipinski definition) is 0. The second-order valence-corrected chi connectivity index (χ2v) is 7.20. The van der Waals surface area contributed by atoms with Crippen molar-refractivity contribution in [1.29, 1.82) is 0 Å². The highest BCUT2D eigenvalue weighted by molar-refractivity contribution is 6.09. The van der Waals surface area contributed by atoms with Gasteiger partial charge in [-0.3, -0.25) is 9.59 Å². The van der Waals surface area contributed by atoms with E-state index >= 15 is 0 Å². The second-order valence-electron chi connectivity index (χ2n) is 7.20. The first kappa shape index (κ1) is 13.1. The fourth-order valence-corrected chi connectivity index (χ4v) is 4.72. The van der Waals surface area contributed by atoms with Crippen molar-refractivity contribution >= 4 is 11.7 Å². The average Bonchev–Trinajstić information content (AvgIpc) is 2.65. The van der Waals surface area contributed by atoms with E-state index in [1.165, 1.54) is 12.8 Å². The standard InChI is InChI=1S/C16H25NO2/c1-15(2)12-7-8-16(15,13(18)11-12)14(19)17-9-5-3-4-6-10-17/h12H,3-11H2,1-2H3. The van der Waals surface area contributed by atoms with Crippen LogP contribution in [0.15, 0.2) is 0 Å². The van der Waals surface area contributed by atoms with E-state index in [0.717, 1.165) is 38.8 Å². The van der Waals surface area contributed by atoms with Crippen molar-refractivity contribution in [1.82, 2.24) is 4.90 Å². The molecule has 19 heavy (non-hydrogen) atoms. The molecule has 3 fully saturated rings. The lowest BCUT2D eigenvalue weighted by molar-refractivity contribution is -0.153. The van der Waals surface area contributed by atoms with Crippen LogP contribution in [0.4, 0.5) is 0 Å². The first-order valence-electron chi connectivity index (χ1n) is 7.83. The van der Waals surface area contributed by atoms with Gasteiger partial charge in [0.15, 0.2) is 0 Å². The molecule has 1 heterocycles. The van der Waals surface area contributed by atoms with Crippen LogP contribution in [0.1, 0.15) is 58.8 Å². The normalized spacial score (nSPS) is 37.5. The zero-order valence-corrected chi connectivity index (χ0v) is 12.2. The Balaban J connectivity index is 1.91. The Morgan fingerprint density at radius 2 is 1.79 bits per heavy atom. The zero-order chi connectivity index (χ0) is 13.7. The summed E-state index contributed by atoms with van der Waals surface area (Å²) in [4.78, 5) is 27.6. The fourth-order valence-electron chi connectivity index (χ4n) is 4.72. The van der Waals surface area contributed by atoms with E-state index in [1.54, 1.807) is 0 Å². The molecule has 0 N–H and O–H groups in total. The molecular formula is C16H25NO2. The minimum absolute atomic E-state index is 0.131. The van der Waals surface area contributed by atoms with E-state index < -0.39 is 5.41 Å². The van der Waals surface area contributed by atoms with Gasteiger partial charge in [0.25, 0.3) is 0 Å². The van der Waals surface area contributed by atoms with Gasteiger partial charge < -0.3 is 4.90 Å². The maximum Gasteiger partial charge on any atom is 0.236 e. The molecule has 0 aromatic heterocycles. The number of fused-ring (bicyclic) bond motifs is 2. The highest BCUT2D eigenvalue weighted by Crippen LogP contribution is 2.64. The third-order valence-electron chi connectivity index (χ3n) is 6.15. The van der Waals surface area contributed by atoms with Crippen LogP contribution in [-0.2, 0) is 9.59 Å². The van der Waals surface area contributed by atoms with Crippen molar-refractivity contribution < 1.29 is 9.59 Å². The molecule has 1 saturated heterocycles. The van der Waals surface area contributed by atoms with Crippen LogP contribution in [0.3, 0.4) is 0 Å². The number of amides is 1. The molecule has 2 atom stereocenters. The maximum absolute atomic E-state index is 13.1. The van der Waals surface area contributed by atoms with E-state index in [4.69, 9.17) is 0 Å². The molecule has 0 spiro atoms. The number of ketones is 1. The molecule has 2 saturated carbocycles. The molecule has 3 heteroatoms. The summed E-state index contributed by atoms with van der Waals surface area (Å²) >= 11 is 0. The van der Waals surface area contributed by atoms with Gasteiger partial charge in [0.1, 0.15) is 11.2 Å². The van der Waals surface area contributed by atoms with Crippen molar-refractivity contribution in [3.63, 3.8) is 0 Å². The van der Waals surface area contributed by atoms with E-state index in [0.29, 0.717) is 12.3 Å². The number of likely N-dealkylation sites (tertiary alicyclic amines) is 1. The number of carbonyl (C=O) groups is 2. The minimum Gasteiger partial charge on any atom is -0.342 e. The van der Waals surface area contributed by atoms with Crippen molar-refractivity contribution in [2.75, 3.05) is 13.1 Å². The Kier molecular flexibility index (Phi) is 2.99. The van der Waals surface area contributed by atoms with Gasteiger partial charge in [-0.1, -0.05) is 26.7 Å². The summed E-state index contributed by atoms with van der Waals surface area (Å²) in [6.45, 7) is 6.00. The lowest BCUT2D eigenvalue weighted by Gasteiger charge is -2.39. The van der Waals surface area contributed by atoms with Crippen LogP contribution in [-0.4, -0.2) is 29.7 Å². The fraction of sp³-hybridized carbons (Fsp3) is 0.875. The summed E-state index contributed by atoms with van der Waals surface area (Å²) < 4.78 is 0. The monoisotopic (exact) mass is 263 g/mol. The molecule has 0 aromatic carbocycles. The molecule has 3 rings (SSSR count). The first-order chi connectivity index (χ1) is 9.00. The van der Waals surface area contributed by atoms with Crippen LogP contribution < -0.4 is 0 Å². The van der Waals surface area contributed by atoms with E-state index in [-0.39, 0.29) is 17.1 Å². The highest BCUT2D eigenvalue weighted by atomic mass is 16.2. The maximum atomic E-state index is 13.1. The largest absolute Gasteiger partial charge is 0.342 e. The van der Waals surface area contributed by atoms with Gasteiger partial charge in [-0.2, -0.15) is 0 Å². The molecule has 3 nitrogen and oxygen atoms in total. The molecule has 3 aliphatic rings. The third kappa shape index (κ3) is 1.63. The zero-order valence-electron chi connectivity index (χ0n) is 12.2. The number of rotatable bonds is 1. The van der Waals surface area contributed by atoms with Gasteiger partial charge in [0, 0.05) is 19.5 Å². The Morgan fingerprint density at radius 3 is 2.26 bits per heavy atom. The smallest absolute Gasteiger partial charge is 0.236 e. The Morgan fingerprint density at radius 1 is 1.16 bits per heavy atom. The second kappa shape index (κ2) is 4.32. The van der Waals surface area contributed by atoms with Crippen molar-refractivity contribution in [2.45, 2.75) is 58.8 Å². The molecule has 0 aromatic rings.